The molecule has 0 aliphatic rings. The van der Waals surface area contributed by atoms with Crippen molar-refractivity contribution in [2.45, 2.75) is 6.54 Å². The van der Waals surface area contributed by atoms with Gasteiger partial charge in [-0.15, -0.1) is 0 Å². The molecule has 14 heavy (non-hydrogen) atoms. The highest BCUT2D eigenvalue weighted by Gasteiger charge is 2.03. The van der Waals surface area contributed by atoms with E-state index in [0.717, 1.165) is 20.8 Å². The zero-order valence-electron chi connectivity index (χ0n) is 7.26. The average Bonchev–Trinajstić information content (AvgIpc) is 2.16. The Morgan fingerprint density at radius 3 is 2.50 bits per heavy atom. The second-order valence-corrected chi connectivity index (χ2v) is 4.19. The summed E-state index contributed by atoms with van der Waals surface area (Å²) < 4.78 is 1.85. The predicted molar refractivity (Wildman–Crippen MR) is 60.5 cm³/mol. The summed E-state index contributed by atoms with van der Waals surface area (Å²) in [5.74, 6) is 0. The zero-order valence-corrected chi connectivity index (χ0v) is 10.4. The van der Waals surface area contributed by atoms with Crippen LogP contribution in [0.4, 0.5) is 0 Å². The molecule has 0 radical (unpaired) electrons. The highest BCUT2D eigenvalue weighted by atomic mass is 79.9. The first kappa shape index (κ1) is 11.8. The summed E-state index contributed by atoms with van der Waals surface area (Å²) >= 11 is 6.77. The van der Waals surface area contributed by atoms with Gasteiger partial charge in [0.1, 0.15) is 6.29 Å². The Morgan fingerprint density at radius 1 is 1.29 bits per heavy atom. The van der Waals surface area contributed by atoms with Crippen LogP contribution in [0.2, 0.25) is 0 Å². The van der Waals surface area contributed by atoms with E-state index >= 15 is 0 Å². The molecule has 0 saturated heterocycles. The number of pyridine rings is 1. The molecular weight excluding hydrogens is 314 g/mol. The van der Waals surface area contributed by atoms with Crippen molar-refractivity contribution in [2.24, 2.45) is 0 Å². The van der Waals surface area contributed by atoms with Gasteiger partial charge in [0.15, 0.2) is 0 Å². The molecule has 1 aromatic heterocycles. The van der Waals surface area contributed by atoms with E-state index < -0.39 is 0 Å². The minimum Gasteiger partial charge on any atom is -0.302 e. The standard InChI is InChI=1S/C8H9Br2N3O/c9-7-4-11-5-8(10)6(7)3-13-12-1-2-14/h2,4-5,12-13H,1,3H2. The van der Waals surface area contributed by atoms with Gasteiger partial charge in [0.25, 0.3) is 0 Å². The number of halogens is 2. The van der Waals surface area contributed by atoms with Crippen molar-refractivity contribution in [3.63, 3.8) is 0 Å². The van der Waals surface area contributed by atoms with E-state index in [1.807, 2.05) is 0 Å². The van der Waals surface area contributed by atoms with Gasteiger partial charge in [-0.1, -0.05) is 0 Å². The van der Waals surface area contributed by atoms with Gasteiger partial charge in [0.05, 0.1) is 6.54 Å². The van der Waals surface area contributed by atoms with Crippen molar-refractivity contribution < 1.29 is 4.79 Å². The second-order valence-electron chi connectivity index (χ2n) is 2.48. The van der Waals surface area contributed by atoms with Gasteiger partial charge >= 0.3 is 0 Å². The fraction of sp³-hybridized carbons (Fsp3) is 0.250. The highest BCUT2D eigenvalue weighted by molar-refractivity contribution is 9.11. The first-order chi connectivity index (χ1) is 6.75. The van der Waals surface area contributed by atoms with Crippen LogP contribution < -0.4 is 10.9 Å². The van der Waals surface area contributed by atoms with Gasteiger partial charge < -0.3 is 4.79 Å². The Bertz CT molecular complexity index is 299. The third-order valence-electron chi connectivity index (χ3n) is 1.53. The molecule has 2 N–H and O–H groups in total. The van der Waals surface area contributed by atoms with Crippen molar-refractivity contribution >= 4 is 38.1 Å². The smallest absolute Gasteiger partial charge is 0.135 e. The first-order valence-electron chi connectivity index (χ1n) is 3.93. The van der Waals surface area contributed by atoms with Gasteiger partial charge in [-0.3, -0.25) is 15.8 Å². The monoisotopic (exact) mass is 321 g/mol. The lowest BCUT2D eigenvalue weighted by atomic mass is 10.3. The number of nitrogens with one attached hydrogen (secondary N) is 2. The molecule has 0 fully saturated rings. The van der Waals surface area contributed by atoms with Crippen molar-refractivity contribution in [1.82, 2.24) is 15.8 Å². The van der Waals surface area contributed by atoms with Gasteiger partial charge in [-0.2, -0.15) is 0 Å². The molecule has 6 heteroatoms. The fourth-order valence-corrected chi connectivity index (χ4v) is 2.08. The SMILES string of the molecule is O=CCNNCc1c(Br)cncc1Br. The molecule has 0 bridgehead atoms. The zero-order chi connectivity index (χ0) is 10.4. The van der Waals surface area contributed by atoms with Crippen LogP contribution >= 0.6 is 31.9 Å². The number of carbonyl (C=O) groups excluding carboxylic acids is 1. The molecule has 0 spiro atoms. The van der Waals surface area contributed by atoms with Crippen molar-refractivity contribution in [1.29, 1.82) is 0 Å². The van der Waals surface area contributed by atoms with E-state index in [-0.39, 0.29) is 0 Å². The van der Waals surface area contributed by atoms with Gasteiger partial charge in [0, 0.05) is 27.9 Å². The number of nitrogens with zero attached hydrogens (tertiary/aromatic N) is 1. The second kappa shape index (κ2) is 6.23. The van der Waals surface area contributed by atoms with Crippen LogP contribution in [0.3, 0.4) is 0 Å². The molecule has 1 aromatic rings. The van der Waals surface area contributed by atoms with Crippen molar-refractivity contribution in [2.75, 3.05) is 6.54 Å². The fourth-order valence-electron chi connectivity index (χ4n) is 0.872. The summed E-state index contributed by atoms with van der Waals surface area (Å²) in [6, 6.07) is 0. The molecule has 0 atom stereocenters. The van der Waals surface area contributed by atoms with E-state index in [1.165, 1.54) is 0 Å². The van der Waals surface area contributed by atoms with Crippen molar-refractivity contribution in [3.8, 4) is 0 Å². The molecule has 1 heterocycles. The lowest BCUT2D eigenvalue weighted by molar-refractivity contribution is -0.107. The normalized spacial score (nSPS) is 10.1. The molecule has 0 saturated carbocycles. The number of aldehydes is 1. The quantitative estimate of drug-likeness (QED) is 0.489. The van der Waals surface area contributed by atoms with Crippen LogP contribution in [0.5, 0.6) is 0 Å². The third-order valence-corrected chi connectivity index (χ3v) is 2.89. The van der Waals surface area contributed by atoms with Crippen molar-refractivity contribution in [3.05, 3.63) is 26.9 Å². The summed E-state index contributed by atoms with van der Waals surface area (Å²) in [6.07, 6.45) is 4.24. The van der Waals surface area contributed by atoms with Crippen LogP contribution in [0.25, 0.3) is 0 Å². The first-order valence-corrected chi connectivity index (χ1v) is 5.51. The predicted octanol–water partition coefficient (Wildman–Crippen LogP) is 1.40. The number of hydrogen-bond acceptors (Lipinski definition) is 4. The molecule has 0 aliphatic heterocycles. The van der Waals surface area contributed by atoms with Gasteiger partial charge in [0.2, 0.25) is 0 Å². The maximum atomic E-state index is 10.0. The minimum absolute atomic E-state index is 0.292. The lowest BCUT2D eigenvalue weighted by Crippen LogP contribution is -2.32. The van der Waals surface area contributed by atoms with Gasteiger partial charge in [-0.25, -0.2) is 0 Å². The Hall–Kier alpha value is -0.300. The molecular formula is C8H9Br2N3O. The molecule has 0 amide bonds. The van der Waals surface area contributed by atoms with Crippen LogP contribution in [-0.2, 0) is 11.3 Å². The van der Waals surface area contributed by atoms with Crippen LogP contribution in [-0.4, -0.2) is 17.8 Å². The Balaban J connectivity index is 2.53. The largest absolute Gasteiger partial charge is 0.302 e. The maximum Gasteiger partial charge on any atom is 0.135 e. The molecule has 0 aliphatic carbocycles. The number of aromatic nitrogens is 1. The topological polar surface area (TPSA) is 54.0 Å². The van der Waals surface area contributed by atoms with Crippen LogP contribution in [0.1, 0.15) is 5.56 Å². The number of carbonyl (C=O) groups is 1. The summed E-state index contributed by atoms with van der Waals surface area (Å²) in [5, 5.41) is 0. The summed E-state index contributed by atoms with van der Waals surface area (Å²) in [6.45, 7) is 0.901. The molecule has 1 rings (SSSR count). The minimum atomic E-state index is 0.292. The number of hydrazine groups is 1. The number of hydrogen-bond donors (Lipinski definition) is 2. The molecule has 0 unspecified atom stereocenters. The third kappa shape index (κ3) is 3.45. The lowest BCUT2D eigenvalue weighted by Gasteiger charge is -2.07. The summed E-state index contributed by atoms with van der Waals surface area (Å²) in [5.41, 5.74) is 6.73. The average molecular weight is 323 g/mol. The molecule has 0 aromatic carbocycles. The van der Waals surface area contributed by atoms with E-state index in [4.69, 9.17) is 0 Å². The van der Waals surface area contributed by atoms with Crippen LogP contribution in [0, 0.1) is 0 Å². The maximum absolute atomic E-state index is 10.0. The van der Waals surface area contributed by atoms with E-state index in [1.54, 1.807) is 12.4 Å². The summed E-state index contributed by atoms with van der Waals surface area (Å²) in [7, 11) is 0. The Labute approximate surface area is 98.7 Å². The van der Waals surface area contributed by atoms with Crippen LogP contribution in [0.15, 0.2) is 21.3 Å². The van der Waals surface area contributed by atoms with Gasteiger partial charge in [-0.05, 0) is 37.4 Å². The Kier molecular flexibility index (Phi) is 5.24. The molecule has 76 valence electrons. The van der Waals surface area contributed by atoms with E-state index in [2.05, 4.69) is 47.7 Å². The summed E-state index contributed by atoms with van der Waals surface area (Å²) in [4.78, 5) is 14.0. The Morgan fingerprint density at radius 2 is 1.93 bits per heavy atom. The number of rotatable bonds is 5. The van der Waals surface area contributed by atoms with E-state index in [0.29, 0.717) is 13.1 Å². The van der Waals surface area contributed by atoms with E-state index in [9.17, 15) is 4.79 Å². The highest BCUT2D eigenvalue weighted by Crippen LogP contribution is 2.23. The molecule has 4 nitrogen and oxygen atoms in total.